The van der Waals surface area contributed by atoms with Crippen LogP contribution in [-0.4, -0.2) is 33.0 Å². The Morgan fingerprint density at radius 1 is 0.183 bits per heavy atom. The molecular weight excluding hydrogens is 873 g/mol. The number of hydrogen-bond acceptors (Lipinski definition) is 5. The first-order chi connectivity index (χ1) is 35.2. The van der Waals surface area contributed by atoms with Gasteiger partial charge in [0.05, 0.1) is 39.1 Å². The van der Waals surface area contributed by atoms with Crippen LogP contribution in [0, 0.1) is 6.07 Å². The molecule has 0 spiro atoms. The van der Waals surface area contributed by atoms with E-state index in [0.29, 0.717) is 61.8 Å². The zero-order valence-electron chi connectivity index (χ0n) is 48.9. The molecule has 0 saturated carbocycles. The van der Waals surface area contributed by atoms with Gasteiger partial charge in [-0.25, -0.2) is 0 Å². The van der Waals surface area contributed by atoms with Gasteiger partial charge in [-0.05, 0) is 32.1 Å². The van der Waals surface area contributed by atoms with Gasteiger partial charge < -0.3 is 23.7 Å². The lowest BCUT2D eigenvalue weighted by Gasteiger charge is -2.23. The zero-order chi connectivity index (χ0) is 51.0. The highest BCUT2D eigenvalue weighted by Gasteiger charge is 2.26. The van der Waals surface area contributed by atoms with Gasteiger partial charge in [-0.15, -0.1) is 0 Å². The molecule has 71 heavy (non-hydrogen) atoms. The van der Waals surface area contributed by atoms with Crippen LogP contribution >= 0.6 is 0 Å². The van der Waals surface area contributed by atoms with Crippen LogP contribution in [0.2, 0.25) is 0 Å². The summed E-state index contributed by atoms with van der Waals surface area (Å²) in [4.78, 5) is 0. The molecule has 1 aromatic rings. The summed E-state index contributed by atoms with van der Waals surface area (Å²) in [5, 5.41) is 0. The highest BCUT2D eigenvalue weighted by atomic mass is 16.6. The van der Waals surface area contributed by atoms with E-state index < -0.39 is 0 Å². The minimum atomic E-state index is 0.638. The van der Waals surface area contributed by atoms with Crippen LogP contribution in [0.1, 0.15) is 356 Å². The molecule has 419 valence electrons. The van der Waals surface area contributed by atoms with Crippen LogP contribution in [0.15, 0.2) is 0 Å². The fraction of sp³-hybridized carbons (Fsp3) is 0.909. The number of ether oxygens (including phenoxy) is 5. The average molecular weight is 999 g/mol. The average Bonchev–Trinajstić information content (AvgIpc) is 3.38. The van der Waals surface area contributed by atoms with Crippen LogP contribution < -0.4 is 23.7 Å². The van der Waals surface area contributed by atoms with E-state index in [9.17, 15) is 0 Å². The second kappa shape index (κ2) is 56.0. The van der Waals surface area contributed by atoms with Crippen molar-refractivity contribution in [2.75, 3.05) is 33.0 Å². The van der Waals surface area contributed by atoms with Gasteiger partial charge in [0.1, 0.15) is 0 Å². The van der Waals surface area contributed by atoms with Crippen LogP contribution in [0.3, 0.4) is 0 Å². The lowest BCUT2D eigenvalue weighted by Crippen LogP contribution is -2.11. The quantitative estimate of drug-likeness (QED) is 0.0609. The van der Waals surface area contributed by atoms with E-state index in [1.165, 1.54) is 289 Å². The molecular formula is C66H125O5. The van der Waals surface area contributed by atoms with Crippen molar-refractivity contribution in [3.63, 3.8) is 0 Å². The predicted molar refractivity (Wildman–Crippen MR) is 312 cm³/mol. The molecule has 0 fully saturated rings. The van der Waals surface area contributed by atoms with Crippen LogP contribution in [0.4, 0.5) is 0 Å². The second-order valence-electron chi connectivity index (χ2n) is 21.9. The number of rotatable bonds is 60. The number of hydrogen-bond donors (Lipinski definition) is 0. The summed E-state index contributed by atoms with van der Waals surface area (Å²) in [7, 11) is 0. The first-order valence-corrected chi connectivity index (χ1v) is 32.5. The highest BCUT2D eigenvalue weighted by molar-refractivity contribution is 5.65. The van der Waals surface area contributed by atoms with Crippen molar-refractivity contribution in [1.29, 1.82) is 0 Å². The topological polar surface area (TPSA) is 46.2 Å². The molecule has 1 rings (SSSR count). The molecule has 0 bridgehead atoms. The Bertz CT molecular complexity index is 1110. The van der Waals surface area contributed by atoms with Gasteiger partial charge in [0.15, 0.2) is 11.5 Å². The Labute approximate surface area is 445 Å². The van der Waals surface area contributed by atoms with E-state index in [1.54, 1.807) is 0 Å². The van der Waals surface area contributed by atoms with Crippen molar-refractivity contribution in [2.45, 2.75) is 356 Å². The molecule has 1 aromatic carbocycles. The molecule has 0 heterocycles. The third-order valence-corrected chi connectivity index (χ3v) is 14.8. The summed E-state index contributed by atoms with van der Waals surface area (Å²) in [5.74, 6) is 3.36. The molecule has 5 nitrogen and oxygen atoms in total. The zero-order valence-corrected chi connectivity index (χ0v) is 48.9. The van der Waals surface area contributed by atoms with E-state index in [4.69, 9.17) is 23.7 Å². The molecule has 0 saturated heterocycles. The number of benzene rings is 1. The Balaban J connectivity index is 3.25. The van der Waals surface area contributed by atoms with Gasteiger partial charge in [0, 0.05) is 0 Å². The minimum absolute atomic E-state index is 0.638. The maximum absolute atomic E-state index is 6.91. The monoisotopic (exact) mass is 998 g/mol. The first-order valence-electron chi connectivity index (χ1n) is 32.5. The maximum atomic E-state index is 6.91. The van der Waals surface area contributed by atoms with E-state index in [0.717, 1.165) is 32.1 Å². The molecule has 5 heteroatoms. The number of unbranched alkanes of at least 4 members (excludes halogenated alkanes) is 45. The maximum Gasteiger partial charge on any atom is 0.211 e. The molecule has 0 unspecified atom stereocenters. The fourth-order valence-electron chi connectivity index (χ4n) is 9.94. The SMILES string of the molecule is CCCCCCCCCCCCOc1[c]c(OCCCCCCCCCCCC)c(OCCCCCCCCCCCC)c(OCCCCCCCCCCCC)c1OCCCCCCCCCCCC. The molecule has 1 radical (unpaired) electrons. The lowest BCUT2D eigenvalue weighted by atomic mass is 10.1. The van der Waals surface area contributed by atoms with Crippen LogP contribution in [-0.2, 0) is 0 Å². The largest absolute Gasteiger partial charge is 0.489 e. The summed E-state index contributed by atoms with van der Waals surface area (Å²) < 4.78 is 34.0. The van der Waals surface area contributed by atoms with Crippen molar-refractivity contribution in [3.05, 3.63) is 6.07 Å². The van der Waals surface area contributed by atoms with Gasteiger partial charge in [0.2, 0.25) is 17.2 Å². The predicted octanol–water partition coefficient (Wildman–Crippen LogP) is 23.0. The molecule has 0 atom stereocenters. The molecule has 0 aliphatic heterocycles. The first kappa shape index (κ1) is 67.2. The van der Waals surface area contributed by atoms with Crippen LogP contribution in [0.5, 0.6) is 28.7 Å². The van der Waals surface area contributed by atoms with Crippen molar-refractivity contribution in [1.82, 2.24) is 0 Å². The van der Waals surface area contributed by atoms with Gasteiger partial charge in [-0.2, -0.15) is 0 Å². The third kappa shape index (κ3) is 43.2. The normalized spacial score (nSPS) is 11.5. The Kier molecular flexibility index (Phi) is 53.0. The Hall–Kier alpha value is -1.78. The van der Waals surface area contributed by atoms with Crippen LogP contribution in [0.25, 0.3) is 0 Å². The highest BCUT2D eigenvalue weighted by Crippen LogP contribution is 2.51. The van der Waals surface area contributed by atoms with Gasteiger partial charge >= 0.3 is 0 Å². The Morgan fingerprint density at radius 3 is 0.535 bits per heavy atom. The summed E-state index contributed by atoms with van der Waals surface area (Å²) in [6.45, 7) is 14.7. The standard InChI is InChI=1S/C66H125O5/c1-6-11-16-21-26-31-36-41-46-51-56-67-62-61-63(68-57-52-47-42-37-32-27-22-17-12-7-2)65(70-59-54-49-44-39-34-29-24-19-14-9-4)66(71-60-55-50-45-40-35-30-25-20-15-10-5)64(62)69-58-53-48-43-38-33-28-23-18-13-8-3/h6-60H2,1-5H3. The fourth-order valence-corrected chi connectivity index (χ4v) is 9.94. The summed E-state index contributed by atoms with van der Waals surface area (Å²) in [6, 6.07) is 3.64. The van der Waals surface area contributed by atoms with Gasteiger partial charge in [-0.3, -0.25) is 0 Å². The molecule has 0 N–H and O–H groups in total. The van der Waals surface area contributed by atoms with E-state index in [1.807, 2.05) is 0 Å². The molecule has 0 amide bonds. The van der Waals surface area contributed by atoms with Crippen molar-refractivity contribution < 1.29 is 23.7 Å². The van der Waals surface area contributed by atoms with Crippen molar-refractivity contribution in [2.24, 2.45) is 0 Å². The molecule has 0 aliphatic rings. The van der Waals surface area contributed by atoms with Gasteiger partial charge in [-0.1, -0.05) is 324 Å². The van der Waals surface area contributed by atoms with Crippen molar-refractivity contribution in [3.8, 4) is 28.7 Å². The molecule has 0 aromatic heterocycles. The van der Waals surface area contributed by atoms with E-state index >= 15 is 0 Å². The van der Waals surface area contributed by atoms with E-state index in [2.05, 4.69) is 40.7 Å². The summed E-state index contributed by atoms with van der Waals surface area (Å²) in [6.07, 6.45) is 65.1. The Morgan fingerprint density at radius 2 is 0.338 bits per heavy atom. The van der Waals surface area contributed by atoms with E-state index in [-0.39, 0.29) is 0 Å². The summed E-state index contributed by atoms with van der Waals surface area (Å²) in [5.41, 5.74) is 0. The van der Waals surface area contributed by atoms with Crippen molar-refractivity contribution >= 4 is 0 Å². The smallest absolute Gasteiger partial charge is 0.211 e. The minimum Gasteiger partial charge on any atom is -0.489 e. The second-order valence-corrected chi connectivity index (χ2v) is 21.9. The molecule has 0 aliphatic carbocycles. The lowest BCUT2D eigenvalue weighted by molar-refractivity contribution is 0.206. The van der Waals surface area contributed by atoms with Gasteiger partial charge in [0.25, 0.3) is 0 Å². The third-order valence-electron chi connectivity index (χ3n) is 14.8. The summed E-state index contributed by atoms with van der Waals surface area (Å²) >= 11 is 0.